The average molecular weight is 483 g/mol. The number of carbonyl (C=O) groups is 1. The molecule has 0 radical (unpaired) electrons. The first-order chi connectivity index (χ1) is 16.4. The normalized spacial score (nSPS) is 11.1. The molecule has 0 fully saturated rings. The third-order valence-corrected chi connectivity index (χ3v) is 5.66. The van der Waals surface area contributed by atoms with E-state index in [1.54, 1.807) is 12.1 Å². The van der Waals surface area contributed by atoms with E-state index >= 15 is 0 Å². The molecule has 0 spiro atoms. The lowest BCUT2D eigenvalue weighted by molar-refractivity contribution is -0.112. The summed E-state index contributed by atoms with van der Waals surface area (Å²) in [6.45, 7) is 8.98. The molecule has 34 heavy (non-hydrogen) atoms. The Morgan fingerprint density at radius 1 is 1.06 bits per heavy atom. The predicted octanol–water partition coefficient (Wildman–Crippen LogP) is 7.64. The monoisotopic (exact) mass is 482 g/mol. The van der Waals surface area contributed by atoms with Crippen LogP contribution in [-0.4, -0.2) is 19.1 Å². The van der Waals surface area contributed by atoms with Gasteiger partial charge in [-0.05, 0) is 62.6 Å². The summed E-state index contributed by atoms with van der Waals surface area (Å²) in [6, 6.07) is 11.1. The standard InChI is InChI=1S/C28H35ClN2O3/c1-5-7-8-9-10-11-14-34-27-24(29)17-22(18-26(27)33-6-2)16-23(19-30)28(32)31-25-13-12-20(3)15-21(25)4/h12-13,15-18H,5-11,14H2,1-4H3,(H,31,32)/b23-16+. The van der Waals surface area contributed by atoms with Crippen LogP contribution >= 0.6 is 11.6 Å². The molecule has 182 valence electrons. The number of nitrogens with zero attached hydrogens (tertiary/aromatic N) is 1. The summed E-state index contributed by atoms with van der Waals surface area (Å²) < 4.78 is 11.7. The molecule has 0 saturated carbocycles. The molecule has 0 saturated heterocycles. The second-order valence-electron chi connectivity index (χ2n) is 8.32. The Kier molecular flexibility index (Phi) is 11.5. The maximum Gasteiger partial charge on any atom is 0.266 e. The number of amides is 1. The Labute approximate surface area is 208 Å². The predicted molar refractivity (Wildman–Crippen MR) is 140 cm³/mol. The Hall–Kier alpha value is -2.97. The maximum absolute atomic E-state index is 12.7. The molecule has 2 rings (SSSR count). The van der Waals surface area contributed by atoms with E-state index < -0.39 is 5.91 Å². The largest absolute Gasteiger partial charge is 0.490 e. The Morgan fingerprint density at radius 3 is 2.47 bits per heavy atom. The van der Waals surface area contributed by atoms with Gasteiger partial charge in [0.15, 0.2) is 11.5 Å². The zero-order valence-electron chi connectivity index (χ0n) is 20.7. The van der Waals surface area contributed by atoms with Gasteiger partial charge >= 0.3 is 0 Å². The van der Waals surface area contributed by atoms with E-state index in [-0.39, 0.29) is 5.57 Å². The van der Waals surface area contributed by atoms with Gasteiger partial charge in [-0.15, -0.1) is 0 Å². The fraction of sp³-hybridized carbons (Fsp3) is 0.429. The van der Waals surface area contributed by atoms with E-state index in [0.717, 1.165) is 24.0 Å². The highest BCUT2D eigenvalue weighted by molar-refractivity contribution is 6.32. The van der Waals surface area contributed by atoms with E-state index in [1.807, 2.05) is 45.0 Å². The van der Waals surface area contributed by atoms with Crippen LogP contribution in [0.4, 0.5) is 5.69 Å². The summed E-state index contributed by atoms with van der Waals surface area (Å²) in [5.41, 5.74) is 3.26. The molecule has 0 atom stereocenters. The van der Waals surface area contributed by atoms with E-state index in [0.29, 0.717) is 41.0 Å². The van der Waals surface area contributed by atoms with Crippen molar-refractivity contribution in [3.05, 3.63) is 57.6 Å². The lowest BCUT2D eigenvalue weighted by Gasteiger charge is -2.15. The molecule has 1 N–H and O–H groups in total. The molecule has 0 aliphatic rings. The van der Waals surface area contributed by atoms with Gasteiger partial charge in [0.05, 0.1) is 18.2 Å². The highest BCUT2D eigenvalue weighted by Gasteiger charge is 2.15. The zero-order valence-corrected chi connectivity index (χ0v) is 21.4. The van der Waals surface area contributed by atoms with Crippen molar-refractivity contribution < 1.29 is 14.3 Å². The third-order valence-electron chi connectivity index (χ3n) is 5.38. The fourth-order valence-electron chi connectivity index (χ4n) is 3.59. The van der Waals surface area contributed by atoms with Gasteiger partial charge in [0.25, 0.3) is 5.91 Å². The van der Waals surface area contributed by atoms with Crippen molar-refractivity contribution in [1.82, 2.24) is 0 Å². The number of nitrogens with one attached hydrogen (secondary N) is 1. The number of ether oxygens (including phenoxy) is 2. The van der Waals surface area contributed by atoms with Crippen molar-refractivity contribution in [3.8, 4) is 17.6 Å². The number of hydrogen-bond acceptors (Lipinski definition) is 4. The zero-order chi connectivity index (χ0) is 24.9. The van der Waals surface area contributed by atoms with Crippen LogP contribution < -0.4 is 14.8 Å². The van der Waals surface area contributed by atoms with Gasteiger partial charge in [-0.2, -0.15) is 5.26 Å². The Balaban J connectivity index is 2.15. The summed E-state index contributed by atoms with van der Waals surface area (Å²) in [6.07, 6.45) is 8.52. The summed E-state index contributed by atoms with van der Waals surface area (Å²) in [5.74, 6) is 0.513. The second kappa shape index (κ2) is 14.3. The average Bonchev–Trinajstić information content (AvgIpc) is 2.80. The van der Waals surface area contributed by atoms with Gasteiger partial charge < -0.3 is 14.8 Å². The molecular weight excluding hydrogens is 448 g/mol. The van der Waals surface area contributed by atoms with Crippen LogP contribution in [0.1, 0.15) is 69.1 Å². The van der Waals surface area contributed by atoms with E-state index in [2.05, 4.69) is 12.2 Å². The number of hydrogen-bond donors (Lipinski definition) is 1. The molecule has 0 unspecified atom stereocenters. The van der Waals surface area contributed by atoms with Gasteiger partial charge in [-0.3, -0.25) is 4.79 Å². The van der Waals surface area contributed by atoms with Crippen molar-refractivity contribution in [2.45, 2.75) is 66.2 Å². The Bertz CT molecular complexity index is 1040. The first kappa shape index (κ1) is 27.3. The van der Waals surface area contributed by atoms with Gasteiger partial charge in [-0.25, -0.2) is 0 Å². The lowest BCUT2D eigenvalue weighted by Crippen LogP contribution is -2.14. The maximum atomic E-state index is 12.7. The molecule has 0 aliphatic carbocycles. The van der Waals surface area contributed by atoms with E-state index in [4.69, 9.17) is 21.1 Å². The molecular formula is C28H35ClN2O3. The number of nitriles is 1. The summed E-state index contributed by atoms with van der Waals surface area (Å²) in [7, 11) is 0. The number of halogens is 1. The number of unbranched alkanes of at least 4 members (excludes halogenated alkanes) is 5. The number of carbonyl (C=O) groups excluding carboxylic acids is 1. The molecule has 1 amide bonds. The molecule has 6 heteroatoms. The molecule has 0 aliphatic heterocycles. The smallest absolute Gasteiger partial charge is 0.266 e. The number of rotatable bonds is 13. The van der Waals surface area contributed by atoms with Crippen molar-refractivity contribution in [2.24, 2.45) is 0 Å². The first-order valence-electron chi connectivity index (χ1n) is 12.0. The molecule has 0 aromatic heterocycles. The molecule has 2 aromatic rings. The topological polar surface area (TPSA) is 71.3 Å². The summed E-state index contributed by atoms with van der Waals surface area (Å²) in [5, 5.41) is 12.8. The van der Waals surface area contributed by atoms with Gasteiger partial charge in [0.2, 0.25) is 0 Å². The third kappa shape index (κ3) is 8.43. The summed E-state index contributed by atoms with van der Waals surface area (Å²) in [4.78, 5) is 12.7. The quantitative estimate of drug-likeness (QED) is 0.181. The van der Waals surface area contributed by atoms with Crippen LogP contribution in [0.2, 0.25) is 5.02 Å². The van der Waals surface area contributed by atoms with Crippen molar-refractivity contribution in [1.29, 1.82) is 5.26 Å². The van der Waals surface area contributed by atoms with Crippen molar-refractivity contribution in [2.75, 3.05) is 18.5 Å². The van der Waals surface area contributed by atoms with Crippen molar-refractivity contribution in [3.63, 3.8) is 0 Å². The minimum atomic E-state index is -0.480. The van der Waals surface area contributed by atoms with Crippen LogP contribution in [0.15, 0.2) is 35.9 Å². The highest BCUT2D eigenvalue weighted by atomic mass is 35.5. The molecule has 0 bridgehead atoms. The minimum absolute atomic E-state index is 0.0285. The lowest BCUT2D eigenvalue weighted by atomic mass is 10.1. The fourth-order valence-corrected chi connectivity index (χ4v) is 3.86. The molecule has 5 nitrogen and oxygen atoms in total. The summed E-state index contributed by atoms with van der Waals surface area (Å²) >= 11 is 6.51. The number of aryl methyl sites for hydroxylation is 2. The highest BCUT2D eigenvalue weighted by Crippen LogP contribution is 2.37. The second-order valence-corrected chi connectivity index (χ2v) is 8.73. The van der Waals surface area contributed by atoms with E-state index in [1.165, 1.54) is 31.8 Å². The van der Waals surface area contributed by atoms with Crippen LogP contribution in [0.25, 0.3) is 6.08 Å². The van der Waals surface area contributed by atoms with E-state index in [9.17, 15) is 10.1 Å². The van der Waals surface area contributed by atoms with Crippen LogP contribution in [0.3, 0.4) is 0 Å². The molecule has 0 heterocycles. The SMILES string of the molecule is CCCCCCCCOc1c(Cl)cc(/C=C(\C#N)C(=O)Nc2ccc(C)cc2C)cc1OCC. The van der Waals surface area contributed by atoms with Crippen LogP contribution in [0.5, 0.6) is 11.5 Å². The number of anilines is 1. The minimum Gasteiger partial charge on any atom is -0.490 e. The van der Waals surface area contributed by atoms with Crippen LogP contribution in [0, 0.1) is 25.2 Å². The van der Waals surface area contributed by atoms with Crippen molar-refractivity contribution >= 4 is 29.3 Å². The van der Waals surface area contributed by atoms with Gasteiger partial charge in [0, 0.05) is 5.69 Å². The Morgan fingerprint density at radius 2 is 1.79 bits per heavy atom. The number of benzene rings is 2. The van der Waals surface area contributed by atoms with Gasteiger partial charge in [-0.1, -0.05) is 68.3 Å². The van der Waals surface area contributed by atoms with Gasteiger partial charge in [0.1, 0.15) is 11.6 Å². The van der Waals surface area contributed by atoms with Crippen LogP contribution in [-0.2, 0) is 4.79 Å². The first-order valence-corrected chi connectivity index (χ1v) is 12.4. The molecule has 2 aromatic carbocycles.